The summed E-state index contributed by atoms with van der Waals surface area (Å²) in [6.07, 6.45) is 3.37. The lowest BCUT2D eigenvalue weighted by molar-refractivity contribution is -0.384. The Balaban J connectivity index is 1.50. The van der Waals surface area contributed by atoms with Gasteiger partial charge in [0.15, 0.2) is 0 Å². The van der Waals surface area contributed by atoms with E-state index in [9.17, 15) is 14.9 Å². The van der Waals surface area contributed by atoms with E-state index in [1.165, 1.54) is 48.6 Å². The summed E-state index contributed by atoms with van der Waals surface area (Å²) in [7, 11) is 1.47. The van der Waals surface area contributed by atoms with E-state index in [1.54, 1.807) is 11.3 Å². The van der Waals surface area contributed by atoms with E-state index in [4.69, 9.17) is 4.74 Å². The molecule has 1 fully saturated rings. The van der Waals surface area contributed by atoms with Crippen molar-refractivity contribution >= 4 is 28.6 Å². The van der Waals surface area contributed by atoms with E-state index in [1.807, 2.05) is 0 Å². The maximum Gasteiger partial charge on any atom is 0.271 e. The van der Waals surface area contributed by atoms with E-state index in [0.29, 0.717) is 23.4 Å². The first-order valence-electron chi connectivity index (χ1n) is 8.99. The molecule has 0 unspecified atom stereocenters. The zero-order valence-electron chi connectivity index (χ0n) is 15.0. The lowest BCUT2D eigenvalue weighted by Crippen LogP contribution is -2.41. The normalized spacial score (nSPS) is 19.4. The molecule has 7 nitrogen and oxygen atoms in total. The maximum absolute atomic E-state index is 12.7. The number of rotatable bonds is 6. The molecule has 0 bridgehead atoms. The second-order valence-corrected chi connectivity index (χ2v) is 7.99. The Morgan fingerprint density at radius 1 is 1.41 bits per heavy atom. The quantitative estimate of drug-likeness (QED) is 0.605. The van der Waals surface area contributed by atoms with Gasteiger partial charge >= 0.3 is 0 Å². The van der Waals surface area contributed by atoms with Gasteiger partial charge in [0, 0.05) is 29.6 Å². The van der Waals surface area contributed by atoms with Crippen molar-refractivity contribution in [3.05, 3.63) is 50.2 Å². The fourth-order valence-electron chi connectivity index (χ4n) is 3.82. The minimum absolute atomic E-state index is 0.0807. The van der Waals surface area contributed by atoms with Crippen LogP contribution < -0.4 is 10.1 Å². The van der Waals surface area contributed by atoms with Crippen molar-refractivity contribution in [2.75, 3.05) is 25.5 Å². The van der Waals surface area contributed by atoms with Crippen molar-refractivity contribution < 1.29 is 14.5 Å². The van der Waals surface area contributed by atoms with Crippen molar-refractivity contribution in [2.45, 2.75) is 25.3 Å². The number of nitrogens with one attached hydrogen (secondary N) is 1. The molecule has 8 heteroatoms. The predicted molar refractivity (Wildman–Crippen MR) is 103 cm³/mol. The summed E-state index contributed by atoms with van der Waals surface area (Å²) in [4.78, 5) is 26.9. The van der Waals surface area contributed by atoms with Crippen LogP contribution in [-0.4, -0.2) is 35.9 Å². The molecule has 142 valence electrons. The minimum atomic E-state index is -0.485. The number of carbonyl (C=O) groups is 1. The Morgan fingerprint density at radius 3 is 2.93 bits per heavy atom. The zero-order chi connectivity index (χ0) is 19.0. The summed E-state index contributed by atoms with van der Waals surface area (Å²) < 4.78 is 5.23. The summed E-state index contributed by atoms with van der Waals surface area (Å²) in [5, 5.41) is 15.9. The average Bonchev–Trinajstić information content (AvgIpc) is 3.37. The van der Waals surface area contributed by atoms with Gasteiger partial charge in [-0.05, 0) is 48.3 Å². The third-order valence-electron chi connectivity index (χ3n) is 5.20. The van der Waals surface area contributed by atoms with Crippen LogP contribution >= 0.6 is 11.3 Å². The Hall–Kier alpha value is -2.45. The highest BCUT2D eigenvalue weighted by atomic mass is 32.1. The van der Waals surface area contributed by atoms with E-state index < -0.39 is 4.92 Å². The van der Waals surface area contributed by atoms with Crippen molar-refractivity contribution in [3.8, 4) is 5.75 Å². The van der Waals surface area contributed by atoms with Crippen LogP contribution in [0.15, 0.2) is 29.6 Å². The first-order valence-corrected chi connectivity index (χ1v) is 9.87. The van der Waals surface area contributed by atoms with Crippen LogP contribution in [0.2, 0.25) is 0 Å². The van der Waals surface area contributed by atoms with Gasteiger partial charge in [-0.1, -0.05) is 0 Å². The highest BCUT2D eigenvalue weighted by Crippen LogP contribution is 2.48. The summed E-state index contributed by atoms with van der Waals surface area (Å²) in [5.41, 5.74) is 1.62. The van der Waals surface area contributed by atoms with Gasteiger partial charge in [0.1, 0.15) is 5.75 Å². The number of methoxy groups -OCH3 is 1. The highest BCUT2D eigenvalue weighted by Gasteiger charge is 2.40. The molecule has 1 atom stereocenters. The Labute approximate surface area is 161 Å². The second-order valence-electron chi connectivity index (χ2n) is 6.99. The van der Waals surface area contributed by atoms with Gasteiger partial charge in [0.2, 0.25) is 5.91 Å². The van der Waals surface area contributed by atoms with Gasteiger partial charge in [0.25, 0.3) is 5.69 Å². The van der Waals surface area contributed by atoms with Crippen LogP contribution in [0.4, 0.5) is 11.4 Å². The zero-order valence-corrected chi connectivity index (χ0v) is 15.8. The Kier molecular flexibility index (Phi) is 4.84. The third-order valence-corrected chi connectivity index (χ3v) is 6.20. The topological polar surface area (TPSA) is 84.7 Å². The summed E-state index contributed by atoms with van der Waals surface area (Å²) >= 11 is 1.80. The molecule has 0 spiro atoms. The van der Waals surface area contributed by atoms with Crippen molar-refractivity contribution in [2.24, 2.45) is 5.92 Å². The fraction of sp³-hybridized carbons (Fsp3) is 0.421. The molecule has 1 aromatic heterocycles. The number of non-ortho nitro benzene ring substituents is 1. The van der Waals surface area contributed by atoms with Crippen LogP contribution in [0.3, 0.4) is 0 Å². The number of nitro benzene ring substituents is 1. The van der Waals surface area contributed by atoms with E-state index in [2.05, 4.69) is 21.7 Å². The number of amides is 1. The number of benzene rings is 1. The molecule has 0 radical (unpaired) electrons. The number of ether oxygens (including phenoxy) is 1. The van der Waals surface area contributed by atoms with Crippen molar-refractivity contribution in [1.82, 2.24) is 4.90 Å². The largest absolute Gasteiger partial charge is 0.495 e. The fourth-order valence-corrected chi connectivity index (χ4v) is 4.73. The third kappa shape index (κ3) is 3.68. The number of thiophene rings is 1. The Bertz CT molecular complexity index is 878. The van der Waals surface area contributed by atoms with Gasteiger partial charge in [-0.25, -0.2) is 0 Å². The standard InChI is InChI=1S/C19H21N3O4S/c1-26-16-5-4-13(22(24)25)10-15(16)20-18(23)11-21-8-6-17-14(7-9-27-17)19(21)12-2-3-12/h4-5,7,9-10,12,19H,2-3,6,8,11H2,1H3,(H,20,23)/t19-/m1/s1. The summed E-state index contributed by atoms with van der Waals surface area (Å²) in [5.74, 6) is 0.850. The number of hydrogen-bond acceptors (Lipinski definition) is 6. The number of anilines is 1. The smallest absolute Gasteiger partial charge is 0.271 e. The molecule has 2 aliphatic rings. The molecule has 2 heterocycles. The first kappa shape index (κ1) is 17.9. The maximum atomic E-state index is 12.7. The van der Waals surface area contributed by atoms with Gasteiger partial charge < -0.3 is 10.1 Å². The lowest BCUT2D eigenvalue weighted by atomic mass is 9.96. The molecule has 1 amide bonds. The average molecular weight is 387 g/mol. The van der Waals surface area contributed by atoms with E-state index >= 15 is 0 Å². The molecule has 1 saturated carbocycles. The molecule has 0 saturated heterocycles. The van der Waals surface area contributed by atoms with Gasteiger partial charge in [-0.3, -0.25) is 19.8 Å². The first-order chi connectivity index (χ1) is 13.1. The molecule has 2 aromatic rings. The molecule has 1 aliphatic carbocycles. The number of hydrogen-bond donors (Lipinski definition) is 1. The van der Waals surface area contributed by atoms with Crippen LogP contribution in [0.25, 0.3) is 0 Å². The second kappa shape index (κ2) is 7.28. The van der Waals surface area contributed by atoms with Crippen LogP contribution in [0.5, 0.6) is 5.75 Å². The predicted octanol–water partition coefficient (Wildman–Crippen LogP) is 3.61. The number of fused-ring (bicyclic) bond motifs is 1. The molecule has 4 rings (SSSR count). The Morgan fingerprint density at radius 2 is 2.22 bits per heavy atom. The van der Waals surface area contributed by atoms with Gasteiger partial charge in [0.05, 0.1) is 24.3 Å². The number of carbonyl (C=O) groups excluding carboxylic acids is 1. The SMILES string of the molecule is COc1ccc([N+](=O)[O-])cc1NC(=O)CN1CCc2sccc2[C@H]1C1CC1. The van der Waals surface area contributed by atoms with E-state index in [-0.39, 0.29) is 18.1 Å². The summed E-state index contributed by atoms with van der Waals surface area (Å²) in [6, 6.07) is 6.69. The summed E-state index contributed by atoms with van der Waals surface area (Å²) in [6.45, 7) is 1.12. The molecular formula is C19H21N3O4S. The van der Waals surface area contributed by atoms with Crippen LogP contribution in [0.1, 0.15) is 29.3 Å². The number of nitrogens with zero attached hydrogens (tertiary/aromatic N) is 2. The van der Waals surface area contributed by atoms with Gasteiger partial charge in [-0.15, -0.1) is 11.3 Å². The highest BCUT2D eigenvalue weighted by molar-refractivity contribution is 7.10. The molecule has 1 aromatic carbocycles. The van der Waals surface area contributed by atoms with Crippen LogP contribution in [-0.2, 0) is 11.2 Å². The van der Waals surface area contributed by atoms with Crippen LogP contribution in [0, 0.1) is 16.0 Å². The van der Waals surface area contributed by atoms with E-state index in [0.717, 1.165) is 13.0 Å². The number of nitro groups is 1. The molecule has 1 aliphatic heterocycles. The molecular weight excluding hydrogens is 366 g/mol. The minimum Gasteiger partial charge on any atom is -0.495 e. The lowest BCUT2D eigenvalue weighted by Gasteiger charge is -2.35. The molecule has 27 heavy (non-hydrogen) atoms. The van der Waals surface area contributed by atoms with Crippen molar-refractivity contribution in [1.29, 1.82) is 0 Å². The monoisotopic (exact) mass is 387 g/mol. The van der Waals surface area contributed by atoms with Crippen molar-refractivity contribution in [3.63, 3.8) is 0 Å². The van der Waals surface area contributed by atoms with Gasteiger partial charge in [-0.2, -0.15) is 0 Å². The molecule has 1 N–H and O–H groups in total.